The van der Waals surface area contributed by atoms with E-state index in [1.807, 2.05) is 20.8 Å². The number of nitrogens with zero attached hydrogens (tertiary/aromatic N) is 1. The number of nitrogens with one attached hydrogen (secondary N) is 2. The third-order valence-electron chi connectivity index (χ3n) is 3.61. The molecule has 0 aliphatic carbocycles. The number of aromatic amines is 1. The van der Waals surface area contributed by atoms with E-state index in [9.17, 15) is 18.8 Å². The van der Waals surface area contributed by atoms with Gasteiger partial charge in [-0.1, -0.05) is 32.9 Å². The number of carbonyl (C=O) groups excluding carboxylic acids is 1. The van der Waals surface area contributed by atoms with Gasteiger partial charge in [-0.05, 0) is 29.5 Å². The van der Waals surface area contributed by atoms with Crippen molar-refractivity contribution in [2.75, 3.05) is 0 Å². The Balaban J connectivity index is 2.19. The lowest BCUT2D eigenvalue weighted by atomic mass is 9.85. The first kappa shape index (κ1) is 18.6. The topological polar surface area (TPSA) is 84.0 Å². The Labute approximate surface area is 144 Å². The van der Waals surface area contributed by atoms with E-state index in [1.165, 1.54) is 12.1 Å². The van der Waals surface area contributed by atoms with Gasteiger partial charge in [-0.3, -0.25) is 19.5 Å². The molecule has 25 heavy (non-hydrogen) atoms. The van der Waals surface area contributed by atoms with Crippen LogP contribution in [0.3, 0.4) is 0 Å². The molecule has 0 unspecified atom stereocenters. The number of hydrogen-bond acceptors (Lipinski definition) is 3. The van der Waals surface area contributed by atoms with Gasteiger partial charge in [-0.15, -0.1) is 0 Å². The van der Waals surface area contributed by atoms with Gasteiger partial charge in [0.2, 0.25) is 5.91 Å². The minimum absolute atomic E-state index is 0.0791. The molecule has 0 fully saturated rings. The van der Waals surface area contributed by atoms with E-state index >= 15 is 0 Å². The smallest absolute Gasteiger partial charge is 0.265 e. The monoisotopic (exact) mass is 347 g/mol. The number of H-pyrrole nitrogens is 1. The predicted octanol–water partition coefficient (Wildman–Crippen LogP) is 1.97. The third-order valence-corrected chi connectivity index (χ3v) is 3.61. The molecule has 0 radical (unpaired) electrons. The Morgan fingerprint density at radius 1 is 1.16 bits per heavy atom. The average molecular weight is 347 g/mol. The summed E-state index contributed by atoms with van der Waals surface area (Å²) >= 11 is 0. The molecular weight excluding hydrogens is 325 g/mol. The fourth-order valence-electron chi connectivity index (χ4n) is 2.52. The molecule has 2 rings (SSSR count). The molecule has 0 bridgehead atoms. The summed E-state index contributed by atoms with van der Waals surface area (Å²) in [7, 11) is 0. The molecule has 0 saturated carbocycles. The van der Waals surface area contributed by atoms with Crippen LogP contribution in [-0.2, 0) is 11.3 Å². The van der Waals surface area contributed by atoms with Gasteiger partial charge in [-0.25, -0.2) is 9.07 Å². The Morgan fingerprint density at radius 2 is 1.80 bits per heavy atom. The van der Waals surface area contributed by atoms with Gasteiger partial charge in [-0.2, -0.15) is 0 Å². The minimum Gasteiger partial charge on any atom is -0.348 e. The highest BCUT2D eigenvalue weighted by Gasteiger charge is 2.22. The summed E-state index contributed by atoms with van der Waals surface area (Å²) in [5.74, 6) is -0.763. The second-order valence-electron chi connectivity index (χ2n) is 7.17. The second kappa shape index (κ2) is 7.46. The van der Waals surface area contributed by atoms with Crippen molar-refractivity contribution in [1.29, 1.82) is 0 Å². The maximum Gasteiger partial charge on any atom is 0.265 e. The van der Waals surface area contributed by atoms with E-state index in [4.69, 9.17) is 0 Å². The van der Waals surface area contributed by atoms with Crippen molar-refractivity contribution < 1.29 is 9.18 Å². The molecular formula is C18H22FN3O3. The van der Waals surface area contributed by atoms with Crippen LogP contribution in [0.25, 0.3) is 0 Å². The fourth-order valence-corrected chi connectivity index (χ4v) is 2.52. The molecule has 1 atom stereocenters. The summed E-state index contributed by atoms with van der Waals surface area (Å²) in [4.78, 5) is 35.4. The average Bonchev–Trinajstić information content (AvgIpc) is 2.49. The highest BCUT2D eigenvalue weighted by Crippen LogP contribution is 2.29. The van der Waals surface area contributed by atoms with Crippen LogP contribution < -0.4 is 16.4 Å². The highest BCUT2D eigenvalue weighted by atomic mass is 19.1. The van der Waals surface area contributed by atoms with Crippen LogP contribution in [0.1, 0.15) is 38.8 Å². The Kier molecular flexibility index (Phi) is 5.56. The summed E-state index contributed by atoms with van der Waals surface area (Å²) in [6.45, 7) is 5.81. The van der Waals surface area contributed by atoms with Crippen LogP contribution in [0.15, 0.2) is 46.0 Å². The molecule has 0 aliphatic heterocycles. The number of carbonyl (C=O) groups is 1. The Hall–Kier alpha value is -2.70. The molecule has 1 aromatic heterocycles. The third kappa shape index (κ3) is 5.70. The van der Waals surface area contributed by atoms with E-state index in [0.29, 0.717) is 6.42 Å². The number of amides is 1. The maximum atomic E-state index is 13.2. The number of benzene rings is 1. The number of aromatic nitrogens is 2. The van der Waals surface area contributed by atoms with Crippen molar-refractivity contribution >= 4 is 5.91 Å². The van der Waals surface area contributed by atoms with Crippen molar-refractivity contribution in [2.45, 2.75) is 39.8 Å². The van der Waals surface area contributed by atoms with Crippen LogP contribution in [-0.4, -0.2) is 15.7 Å². The normalized spacial score (nSPS) is 12.6. The molecule has 1 amide bonds. The quantitative estimate of drug-likeness (QED) is 0.867. The molecule has 0 saturated heterocycles. The molecule has 7 heteroatoms. The second-order valence-corrected chi connectivity index (χ2v) is 7.17. The van der Waals surface area contributed by atoms with Crippen molar-refractivity contribution in [3.8, 4) is 0 Å². The molecule has 2 N–H and O–H groups in total. The van der Waals surface area contributed by atoms with Crippen LogP contribution in [0.2, 0.25) is 0 Å². The van der Waals surface area contributed by atoms with E-state index < -0.39 is 17.0 Å². The summed E-state index contributed by atoms with van der Waals surface area (Å²) < 4.78 is 14.1. The maximum absolute atomic E-state index is 13.2. The fraction of sp³-hybridized carbons (Fsp3) is 0.389. The highest BCUT2D eigenvalue weighted by molar-refractivity contribution is 5.76. The largest absolute Gasteiger partial charge is 0.348 e. The lowest BCUT2D eigenvalue weighted by Crippen LogP contribution is -2.38. The molecule has 1 heterocycles. The van der Waals surface area contributed by atoms with Gasteiger partial charge >= 0.3 is 0 Å². The van der Waals surface area contributed by atoms with Crippen LogP contribution in [0.4, 0.5) is 4.39 Å². The van der Waals surface area contributed by atoms with Crippen LogP contribution in [0, 0.1) is 11.2 Å². The molecule has 2 aromatic rings. The van der Waals surface area contributed by atoms with Gasteiger partial charge in [0, 0.05) is 12.1 Å². The molecule has 0 aliphatic rings. The summed E-state index contributed by atoms with van der Waals surface area (Å²) in [6.07, 6.45) is 0.630. The van der Waals surface area contributed by atoms with Crippen molar-refractivity contribution in [3.05, 3.63) is 68.5 Å². The first-order valence-corrected chi connectivity index (χ1v) is 7.99. The van der Waals surface area contributed by atoms with E-state index in [-0.39, 0.29) is 23.8 Å². The Bertz CT molecular complexity index is 847. The zero-order valence-electron chi connectivity index (χ0n) is 14.5. The first-order valence-electron chi connectivity index (χ1n) is 7.99. The zero-order chi connectivity index (χ0) is 18.6. The summed E-state index contributed by atoms with van der Waals surface area (Å²) in [5.41, 5.74) is -0.232. The van der Waals surface area contributed by atoms with Crippen LogP contribution in [0.5, 0.6) is 0 Å². The van der Waals surface area contributed by atoms with E-state index in [2.05, 4.69) is 10.4 Å². The number of rotatable bonds is 5. The number of halogens is 1. The standard InChI is InChI=1S/C18H22FN3O3/c1-18(2,3)10-14(12-4-6-13(19)7-5-12)20-16(24)11-22-17(25)9-8-15(23)21-22/h4-9,14H,10-11H2,1-3H3,(H,20,24)(H,21,23)/t14-/m1/s1. The van der Waals surface area contributed by atoms with Gasteiger partial charge in [0.15, 0.2) is 0 Å². The van der Waals surface area contributed by atoms with Crippen molar-refractivity contribution in [3.63, 3.8) is 0 Å². The number of hydrogen-bond donors (Lipinski definition) is 2. The molecule has 0 spiro atoms. The van der Waals surface area contributed by atoms with Gasteiger partial charge < -0.3 is 5.32 Å². The molecule has 1 aromatic carbocycles. The summed E-state index contributed by atoms with van der Waals surface area (Å²) in [6, 6.07) is 7.83. The van der Waals surface area contributed by atoms with E-state index in [0.717, 1.165) is 22.4 Å². The zero-order valence-corrected chi connectivity index (χ0v) is 14.5. The van der Waals surface area contributed by atoms with Crippen LogP contribution >= 0.6 is 0 Å². The molecule has 6 nitrogen and oxygen atoms in total. The van der Waals surface area contributed by atoms with Gasteiger partial charge in [0.05, 0.1) is 6.04 Å². The first-order chi connectivity index (χ1) is 11.6. The SMILES string of the molecule is CC(C)(C)C[C@@H](NC(=O)Cn1[nH]c(=O)ccc1=O)c1ccc(F)cc1. The molecule has 134 valence electrons. The van der Waals surface area contributed by atoms with E-state index in [1.54, 1.807) is 12.1 Å². The lowest BCUT2D eigenvalue weighted by molar-refractivity contribution is -0.122. The lowest BCUT2D eigenvalue weighted by Gasteiger charge is -2.27. The van der Waals surface area contributed by atoms with Crippen molar-refractivity contribution in [2.24, 2.45) is 5.41 Å². The minimum atomic E-state index is -0.469. The summed E-state index contributed by atoms with van der Waals surface area (Å²) in [5, 5.41) is 5.17. The van der Waals surface area contributed by atoms with Crippen molar-refractivity contribution in [1.82, 2.24) is 15.1 Å². The Morgan fingerprint density at radius 3 is 2.40 bits per heavy atom. The predicted molar refractivity (Wildman–Crippen MR) is 92.7 cm³/mol. The van der Waals surface area contributed by atoms with Gasteiger partial charge in [0.1, 0.15) is 12.4 Å². The van der Waals surface area contributed by atoms with Gasteiger partial charge in [0.25, 0.3) is 11.1 Å².